The molecule has 1 N–H and O–H groups in total. The lowest BCUT2D eigenvalue weighted by atomic mass is 9.73. The molecule has 1 aliphatic carbocycles. The Labute approximate surface area is 138 Å². The highest BCUT2D eigenvalue weighted by molar-refractivity contribution is 5.81. The van der Waals surface area contributed by atoms with Gasteiger partial charge < -0.3 is 14.7 Å². The van der Waals surface area contributed by atoms with Crippen molar-refractivity contribution in [1.29, 1.82) is 0 Å². The van der Waals surface area contributed by atoms with E-state index in [1.54, 1.807) is 0 Å². The van der Waals surface area contributed by atoms with Crippen LogP contribution in [-0.4, -0.2) is 42.2 Å². The van der Waals surface area contributed by atoms with Crippen LogP contribution in [0.4, 0.5) is 0 Å². The van der Waals surface area contributed by atoms with Gasteiger partial charge in [-0.2, -0.15) is 0 Å². The summed E-state index contributed by atoms with van der Waals surface area (Å²) < 4.78 is 5.72. The molecule has 0 bridgehead atoms. The van der Waals surface area contributed by atoms with Gasteiger partial charge in [0.05, 0.1) is 0 Å². The summed E-state index contributed by atoms with van der Waals surface area (Å²) in [7, 11) is 2.03. The SMILES string of the molecule is CN1CCC(OC(=O)C(O)(c2ccccc2)C2CCCCC2)C1. The molecule has 126 valence electrons. The Balaban J connectivity index is 1.83. The molecule has 1 saturated heterocycles. The summed E-state index contributed by atoms with van der Waals surface area (Å²) in [6, 6.07) is 9.34. The Hall–Kier alpha value is -1.39. The summed E-state index contributed by atoms with van der Waals surface area (Å²) in [5.41, 5.74) is -0.841. The van der Waals surface area contributed by atoms with E-state index < -0.39 is 11.6 Å². The van der Waals surface area contributed by atoms with Gasteiger partial charge in [0, 0.05) is 19.0 Å². The minimum absolute atomic E-state index is 0.0507. The maximum atomic E-state index is 12.9. The van der Waals surface area contributed by atoms with Gasteiger partial charge in [0.25, 0.3) is 0 Å². The minimum atomic E-state index is -1.51. The summed E-state index contributed by atoms with van der Waals surface area (Å²) in [5.74, 6) is -0.513. The number of hydrogen-bond donors (Lipinski definition) is 1. The number of carbonyl (C=O) groups is 1. The van der Waals surface area contributed by atoms with Gasteiger partial charge in [0.1, 0.15) is 6.10 Å². The second-order valence-corrected chi connectivity index (χ2v) is 7.05. The van der Waals surface area contributed by atoms with Crippen molar-refractivity contribution in [2.45, 2.75) is 50.2 Å². The third kappa shape index (κ3) is 3.43. The summed E-state index contributed by atoms with van der Waals surface area (Å²) in [6.07, 6.45) is 5.82. The van der Waals surface area contributed by atoms with Crippen LogP contribution < -0.4 is 0 Å². The molecule has 1 saturated carbocycles. The number of benzene rings is 1. The smallest absolute Gasteiger partial charge is 0.343 e. The highest BCUT2D eigenvalue weighted by atomic mass is 16.6. The van der Waals surface area contributed by atoms with E-state index in [0.29, 0.717) is 5.56 Å². The Kier molecular flexibility index (Phi) is 5.02. The fraction of sp³-hybridized carbons (Fsp3) is 0.632. The molecule has 2 aliphatic rings. The zero-order chi connectivity index (χ0) is 16.3. The number of aliphatic hydroxyl groups is 1. The molecule has 1 heterocycles. The second-order valence-electron chi connectivity index (χ2n) is 7.05. The van der Waals surface area contributed by atoms with Crippen LogP contribution in [0.1, 0.15) is 44.1 Å². The predicted octanol–water partition coefficient (Wildman–Crippen LogP) is 2.70. The number of carbonyl (C=O) groups excluding carboxylic acids is 1. The zero-order valence-corrected chi connectivity index (χ0v) is 13.9. The highest BCUT2D eigenvalue weighted by Gasteiger charge is 2.48. The van der Waals surface area contributed by atoms with Gasteiger partial charge in [-0.25, -0.2) is 4.79 Å². The Morgan fingerprint density at radius 2 is 1.87 bits per heavy atom. The molecule has 3 rings (SSSR count). The van der Waals surface area contributed by atoms with Crippen LogP contribution in [0.25, 0.3) is 0 Å². The molecule has 0 radical (unpaired) electrons. The Morgan fingerprint density at radius 1 is 1.17 bits per heavy atom. The predicted molar refractivity (Wildman–Crippen MR) is 88.9 cm³/mol. The molecular weight excluding hydrogens is 290 g/mol. The Bertz CT molecular complexity index is 527. The maximum Gasteiger partial charge on any atom is 0.343 e. The van der Waals surface area contributed by atoms with Crippen molar-refractivity contribution in [2.24, 2.45) is 5.92 Å². The van der Waals surface area contributed by atoms with E-state index in [2.05, 4.69) is 4.90 Å². The summed E-state index contributed by atoms with van der Waals surface area (Å²) >= 11 is 0. The molecule has 2 unspecified atom stereocenters. The second kappa shape index (κ2) is 7.02. The molecule has 4 nitrogen and oxygen atoms in total. The van der Waals surface area contributed by atoms with E-state index in [0.717, 1.165) is 45.2 Å². The van der Waals surface area contributed by atoms with Crippen molar-refractivity contribution in [2.75, 3.05) is 20.1 Å². The number of ether oxygens (including phenoxy) is 1. The molecule has 1 aliphatic heterocycles. The first kappa shape index (κ1) is 16.5. The largest absolute Gasteiger partial charge is 0.459 e. The maximum absolute atomic E-state index is 12.9. The molecule has 0 spiro atoms. The standard InChI is InChI=1S/C19H27NO3/c1-20-13-12-17(14-20)23-18(21)19(22,15-8-4-2-5-9-15)16-10-6-3-7-11-16/h2,4-5,8-9,16-17,22H,3,6-7,10-14H2,1H3. The highest BCUT2D eigenvalue weighted by Crippen LogP contribution is 2.40. The molecule has 23 heavy (non-hydrogen) atoms. The third-order valence-corrected chi connectivity index (χ3v) is 5.34. The number of nitrogens with zero attached hydrogens (tertiary/aromatic N) is 1. The van der Waals surface area contributed by atoms with Crippen LogP contribution in [0, 0.1) is 5.92 Å². The third-order valence-electron chi connectivity index (χ3n) is 5.34. The summed E-state index contributed by atoms with van der Waals surface area (Å²) in [5, 5.41) is 11.4. The lowest BCUT2D eigenvalue weighted by Gasteiger charge is -2.37. The monoisotopic (exact) mass is 317 g/mol. The van der Waals surface area contributed by atoms with Crippen LogP contribution in [0.3, 0.4) is 0 Å². The molecular formula is C19H27NO3. The first-order valence-corrected chi connectivity index (χ1v) is 8.78. The number of hydrogen-bond acceptors (Lipinski definition) is 4. The average molecular weight is 317 g/mol. The lowest BCUT2D eigenvalue weighted by Crippen LogP contribution is -2.46. The van der Waals surface area contributed by atoms with Crippen LogP contribution in [0.15, 0.2) is 30.3 Å². The molecule has 0 aromatic heterocycles. The van der Waals surface area contributed by atoms with Crippen molar-refractivity contribution in [3.63, 3.8) is 0 Å². The van der Waals surface area contributed by atoms with E-state index in [1.807, 2.05) is 37.4 Å². The quantitative estimate of drug-likeness (QED) is 0.868. The minimum Gasteiger partial charge on any atom is -0.459 e. The number of esters is 1. The first-order valence-electron chi connectivity index (χ1n) is 8.78. The van der Waals surface area contributed by atoms with E-state index in [-0.39, 0.29) is 12.0 Å². The summed E-state index contributed by atoms with van der Waals surface area (Å²) in [6.45, 7) is 1.69. The van der Waals surface area contributed by atoms with Gasteiger partial charge in [-0.05, 0) is 31.9 Å². The number of likely N-dealkylation sites (tertiary alicyclic amines) is 1. The lowest BCUT2D eigenvalue weighted by molar-refractivity contribution is -0.180. The van der Waals surface area contributed by atoms with Crippen LogP contribution in [-0.2, 0) is 15.1 Å². The van der Waals surface area contributed by atoms with E-state index >= 15 is 0 Å². The first-order chi connectivity index (χ1) is 11.1. The van der Waals surface area contributed by atoms with Crippen molar-refractivity contribution >= 4 is 5.97 Å². The van der Waals surface area contributed by atoms with Crippen molar-refractivity contribution in [1.82, 2.24) is 4.90 Å². The molecule has 2 fully saturated rings. The number of likely N-dealkylation sites (N-methyl/N-ethyl adjacent to an activating group) is 1. The fourth-order valence-electron chi connectivity index (χ4n) is 3.96. The fourth-order valence-corrected chi connectivity index (χ4v) is 3.96. The van der Waals surface area contributed by atoms with Gasteiger partial charge in [-0.15, -0.1) is 0 Å². The Morgan fingerprint density at radius 3 is 2.48 bits per heavy atom. The van der Waals surface area contributed by atoms with Crippen LogP contribution in [0.2, 0.25) is 0 Å². The summed E-state index contributed by atoms with van der Waals surface area (Å²) in [4.78, 5) is 15.1. The van der Waals surface area contributed by atoms with E-state index in [1.165, 1.54) is 6.42 Å². The van der Waals surface area contributed by atoms with Gasteiger partial charge >= 0.3 is 5.97 Å². The molecule has 1 aromatic carbocycles. The van der Waals surface area contributed by atoms with Gasteiger partial charge in [0.15, 0.2) is 5.60 Å². The van der Waals surface area contributed by atoms with Crippen molar-refractivity contribution < 1.29 is 14.6 Å². The van der Waals surface area contributed by atoms with Crippen LogP contribution >= 0.6 is 0 Å². The van der Waals surface area contributed by atoms with Crippen LogP contribution in [0.5, 0.6) is 0 Å². The normalized spacial score (nSPS) is 25.9. The molecule has 4 heteroatoms. The molecule has 0 amide bonds. The zero-order valence-electron chi connectivity index (χ0n) is 13.9. The van der Waals surface area contributed by atoms with Gasteiger partial charge in [-0.1, -0.05) is 49.6 Å². The topological polar surface area (TPSA) is 49.8 Å². The van der Waals surface area contributed by atoms with E-state index in [4.69, 9.17) is 4.74 Å². The van der Waals surface area contributed by atoms with Gasteiger partial charge in [0.2, 0.25) is 0 Å². The van der Waals surface area contributed by atoms with Gasteiger partial charge in [-0.3, -0.25) is 0 Å². The molecule has 1 aromatic rings. The van der Waals surface area contributed by atoms with Crippen molar-refractivity contribution in [3.8, 4) is 0 Å². The molecule has 2 atom stereocenters. The van der Waals surface area contributed by atoms with E-state index in [9.17, 15) is 9.90 Å². The van der Waals surface area contributed by atoms with Crippen molar-refractivity contribution in [3.05, 3.63) is 35.9 Å². The average Bonchev–Trinajstić information content (AvgIpc) is 3.00. The number of rotatable bonds is 4.